The van der Waals surface area contributed by atoms with E-state index in [1.807, 2.05) is 6.08 Å². The number of Topliss-reactive ketones (excluding diaryl/α,β-unsaturated/α-hetero) is 1. The molecule has 2 atom stereocenters. The van der Waals surface area contributed by atoms with Crippen LogP contribution >= 0.6 is 0 Å². The third kappa shape index (κ3) is 4.57. The number of anilines is 1. The molecule has 4 aliphatic carbocycles. The van der Waals surface area contributed by atoms with Gasteiger partial charge in [0.2, 0.25) is 5.03 Å². The Morgan fingerprint density at radius 3 is 2.58 bits per heavy atom. The number of carbonyl (C=O) groups is 1. The zero-order valence-electron chi connectivity index (χ0n) is 24.8. The molecule has 3 aromatic rings. The molecule has 2 aromatic heterocycles. The number of nitrogens with one attached hydrogen (secondary N) is 1. The average molecular weight is 638 g/mol. The van der Waals surface area contributed by atoms with Crippen LogP contribution in [0.1, 0.15) is 48.2 Å². The Morgan fingerprint density at radius 1 is 1.13 bits per heavy atom. The summed E-state index contributed by atoms with van der Waals surface area (Å²) >= 11 is 0. The molecule has 0 saturated heterocycles. The third-order valence-electron chi connectivity index (χ3n) is 9.46. The van der Waals surface area contributed by atoms with Crippen LogP contribution in [0, 0.1) is 11.2 Å². The van der Waals surface area contributed by atoms with E-state index in [9.17, 15) is 17.6 Å². The Kier molecular flexibility index (Phi) is 6.69. The van der Waals surface area contributed by atoms with E-state index >= 15 is 8.78 Å². The monoisotopic (exact) mass is 637 g/mol. The molecule has 45 heavy (non-hydrogen) atoms. The summed E-state index contributed by atoms with van der Waals surface area (Å²) < 4.78 is 75.2. The molecule has 0 aliphatic heterocycles. The highest BCUT2D eigenvalue weighted by Crippen LogP contribution is 2.60. The fourth-order valence-corrected chi connectivity index (χ4v) is 8.28. The zero-order chi connectivity index (χ0) is 31.9. The van der Waals surface area contributed by atoms with Crippen LogP contribution in [0.4, 0.5) is 18.9 Å². The van der Waals surface area contributed by atoms with Crippen LogP contribution in [0.5, 0.6) is 0 Å². The lowest BCUT2D eigenvalue weighted by Crippen LogP contribution is -2.49. The molecule has 7 rings (SSSR count). The number of hydrogen-bond donors (Lipinski definition) is 1. The minimum Gasteiger partial charge on any atom is -0.291 e. The Hall–Kier alpha value is -4.14. The van der Waals surface area contributed by atoms with Gasteiger partial charge in [-0.2, -0.15) is 13.1 Å². The fourth-order valence-electron chi connectivity index (χ4n) is 6.99. The number of benzene rings is 1. The van der Waals surface area contributed by atoms with Crippen molar-refractivity contribution in [3.63, 3.8) is 0 Å². The van der Waals surface area contributed by atoms with Crippen LogP contribution in [-0.4, -0.2) is 58.6 Å². The first-order chi connectivity index (χ1) is 21.4. The van der Waals surface area contributed by atoms with Gasteiger partial charge in [-0.15, -0.1) is 5.10 Å². The fraction of sp³-hybridized carbons (Fsp3) is 0.355. The second-order valence-corrected chi connectivity index (χ2v) is 13.9. The van der Waals surface area contributed by atoms with Gasteiger partial charge in [0.25, 0.3) is 15.9 Å². The number of aromatic nitrogens is 4. The molecule has 14 heteroatoms. The van der Waals surface area contributed by atoms with Crippen molar-refractivity contribution in [3.05, 3.63) is 99.9 Å². The van der Waals surface area contributed by atoms with E-state index in [-0.39, 0.29) is 41.1 Å². The number of aryl methyl sites for hydroxylation is 1. The molecule has 1 spiro atoms. The van der Waals surface area contributed by atoms with E-state index in [1.165, 1.54) is 52.7 Å². The molecule has 10 nitrogen and oxygen atoms in total. The highest BCUT2D eigenvalue weighted by atomic mass is 32.2. The smallest absolute Gasteiger partial charge is 0.291 e. The van der Waals surface area contributed by atoms with Gasteiger partial charge in [-0.1, -0.05) is 10.8 Å². The third-order valence-corrected chi connectivity index (χ3v) is 11.2. The number of halogens is 3. The topological polar surface area (TPSA) is 113 Å². The second-order valence-electron chi connectivity index (χ2n) is 11.9. The van der Waals surface area contributed by atoms with Crippen LogP contribution in [0.2, 0.25) is 0 Å². The van der Waals surface area contributed by atoms with Crippen LogP contribution in [0.3, 0.4) is 0 Å². The molecule has 2 heterocycles. The SMILES string of the molecule is CNN(C1=C2C[C@@]3(C[C@@H](N(C)S(=O)(=O)c4cn(C)nn4)CCC3=C1)C(=O)c1cc(ccn1)C(F)(F)C1=C2C1)c1ccc(F)cc1. The highest BCUT2D eigenvalue weighted by Gasteiger charge is 2.56. The normalized spacial score (nSPS) is 23.8. The maximum Gasteiger partial charge on any atom is 0.295 e. The standard InChI is InChI=1S/C31H30F3N7O3S/c1-35-41(21-8-5-20(32)6-9-21)27-13-18-4-7-22(40(3)45(43,44)28-17-39(2)38-37-28)15-30(18)16-24(27)23-14-25(23)31(33,34)19-10-11-36-26(12-19)29(30)42/h5-6,8-13,17,22,35H,4,7,14-16H2,1-3H3/t22-,30+/m0/s1. The summed E-state index contributed by atoms with van der Waals surface area (Å²) in [7, 11) is 0.664. The maximum absolute atomic E-state index is 15.8. The quantitative estimate of drug-likeness (QED) is 0.396. The second kappa shape index (κ2) is 10.2. The van der Waals surface area contributed by atoms with E-state index in [2.05, 4.69) is 20.7 Å². The number of carbonyl (C=O) groups excluding carboxylic acids is 1. The molecule has 4 aliphatic rings. The number of hydrogen-bond acceptors (Lipinski definition) is 8. The summed E-state index contributed by atoms with van der Waals surface area (Å²) in [5, 5.41) is 9.07. The van der Waals surface area contributed by atoms with Gasteiger partial charge >= 0.3 is 0 Å². The van der Waals surface area contributed by atoms with Gasteiger partial charge in [0.15, 0.2) is 5.78 Å². The summed E-state index contributed by atoms with van der Waals surface area (Å²) in [5.74, 6) is -4.15. The van der Waals surface area contributed by atoms with Crippen LogP contribution in [0.15, 0.2) is 87.9 Å². The summed E-state index contributed by atoms with van der Waals surface area (Å²) in [6.07, 6.45) is 5.44. The lowest BCUT2D eigenvalue weighted by atomic mass is 9.59. The molecule has 1 N–H and O–H groups in total. The van der Waals surface area contributed by atoms with E-state index in [0.29, 0.717) is 35.4 Å². The highest BCUT2D eigenvalue weighted by molar-refractivity contribution is 7.89. The van der Waals surface area contributed by atoms with E-state index < -0.39 is 39.0 Å². The Morgan fingerprint density at radius 2 is 1.89 bits per heavy atom. The van der Waals surface area contributed by atoms with Gasteiger partial charge in [-0.05, 0) is 79.3 Å². The van der Waals surface area contributed by atoms with Crippen molar-refractivity contribution >= 4 is 21.5 Å². The van der Waals surface area contributed by atoms with E-state index in [0.717, 1.165) is 5.57 Å². The number of nitrogens with zero attached hydrogens (tertiary/aromatic N) is 6. The number of rotatable bonds is 6. The van der Waals surface area contributed by atoms with Gasteiger partial charge in [-0.3, -0.25) is 19.5 Å². The van der Waals surface area contributed by atoms with Crippen LogP contribution < -0.4 is 10.4 Å². The Labute approximate surface area is 257 Å². The summed E-state index contributed by atoms with van der Waals surface area (Å²) in [5.41, 5.74) is 4.39. The van der Waals surface area contributed by atoms with Gasteiger partial charge in [0.1, 0.15) is 11.5 Å². The zero-order valence-corrected chi connectivity index (χ0v) is 25.6. The number of hydrazine groups is 1. The average Bonchev–Trinajstić information content (AvgIpc) is 3.73. The van der Waals surface area contributed by atoms with Crippen molar-refractivity contribution in [3.8, 4) is 0 Å². The molecule has 1 aromatic carbocycles. The Bertz CT molecular complexity index is 1950. The molecule has 0 radical (unpaired) electrons. The van der Waals surface area contributed by atoms with Crippen molar-refractivity contribution < 1.29 is 26.4 Å². The molecular formula is C31H30F3N7O3S. The van der Waals surface area contributed by atoms with Crippen LogP contribution in [0.25, 0.3) is 0 Å². The predicted octanol–water partition coefficient (Wildman–Crippen LogP) is 4.42. The van der Waals surface area contributed by atoms with Crippen molar-refractivity contribution in [1.29, 1.82) is 0 Å². The van der Waals surface area contributed by atoms with Gasteiger partial charge < -0.3 is 0 Å². The molecule has 1 saturated carbocycles. The number of sulfonamides is 1. The van der Waals surface area contributed by atoms with Crippen molar-refractivity contribution in [1.82, 2.24) is 29.7 Å². The van der Waals surface area contributed by atoms with Gasteiger partial charge in [0.05, 0.1) is 23.0 Å². The molecule has 4 bridgehead atoms. The van der Waals surface area contributed by atoms with Crippen LogP contribution in [-0.2, 0) is 23.0 Å². The van der Waals surface area contributed by atoms with Crippen molar-refractivity contribution in [2.45, 2.75) is 49.1 Å². The number of alkyl halides is 2. The number of pyridine rings is 1. The van der Waals surface area contributed by atoms with E-state index in [1.54, 1.807) is 31.2 Å². The summed E-state index contributed by atoms with van der Waals surface area (Å²) in [6.45, 7) is 0. The van der Waals surface area contributed by atoms with Gasteiger partial charge in [-0.25, -0.2) is 18.2 Å². The molecular weight excluding hydrogens is 607 g/mol. The van der Waals surface area contributed by atoms with Crippen molar-refractivity contribution in [2.75, 3.05) is 19.1 Å². The molecule has 0 amide bonds. The first-order valence-electron chi connectivity index (χ1n) is 14.5. The lowest BCUT2D eigenvalue weighted by molar-refractivity contribution is 0.0423. The summed E-state index contributed by atoms with van der Waals surface area (Å²) in [6, 6.07) is 7.59. The molecule has 1 fully saturated rings. The maximum atomic E-state index is 15.8. The molecule has 0 unspecified atom stereocenters. The predicted molar refractivity (Wildman–Crippen MR) is 158 cm³/mol. The first kappa shape index (κ1) is 29.6. The lowest BCUT2D eigenvalue weighted by Gasteiger charge is -2.47. The van der Waals surface area contributed by atoms with Gasteiger partial charge in [0, 0.05) is 50.9 Å². The summed E-state index contributed by atoms with van der Waals surface area (Å²) in [4.78, 5) is 18.9. The van der Waals surface area contributed by atoms with E-state index in [4.69, 9.17) is 0 Å². The minimum absolute atomic E-state index is 0.0293. The number of fused-ring (bicyclic) bond motifs is 4. The Balaban J connectivity index is 1.40. The number of allylic oxidation sites excluding steroid dienone is 5. The largest absolute Gasteiger partial charge is 0.295 e. The van der Waals surface area contributed by atoms with Crippen molar-refractivity contribution in [2.24, 2.45) is 12.5 Å². The first-order valence-corrected chi connectivity index (χ1v) is 15.9. The minimum atomic E-state index is -4.05. The molecule has 234 valence electrons. The number of ketones is 1.